The van der Waals surface area contributed by atoms with Crippen LogP contribution in [-0.4, -0.2) is 22.5 Å². The standard InChI is InChI=1S/C9H14N2O3/c1-2-3-4-5-14-8(12)7-6-10-9(13)11-7/h6H,2-5H2,1H3,(H2,10,11,13). The number of hydrogen-bond donors (Lipinski definition) is 2. The molecule has 0 spiro atoms. The minimum absolute atomic E-state index is 0.173. The number of hydrogen-bond acceptors (Lipinski definition) is 3. The molecule has 1 aromatic rings. The predicted octanol–water partition coefficient (Wildman–Crippen LogP) is 1.05. The summed E-state index contributed by atoms with van der Waals surface area (Å²) in [6, 6.07) is 0. The number of aromatic nitrogens is 2. The quantitative estimate of drug-likeness (QED) is 0.548. The summed E-state index contributed by atoms with van der Waals surface area (Å²) in [7, 11) is 0. The zero-order valence-electron chi connectivity index (χ0n) is 8.13. The van der Waals surface area contributed by atoms with Crippen LogP contribution in [0.25, 0.3) is 0 Å². The molecule has 2 N–H and O–H groups in total. The minimum Gasteiger partial charge on any atom is -0.461 e. The Labute approximate surface area is 81.5 Å². The molecule has 0 aliphatic heterocycles. The van der Waals surface area contributed by atoms with Gasteiger partial charge in [0.15, 0.2) is 0 Å². The summed E-state index contributed by atoms with van der Waals surface area (Å²) in [5.74, 6) is -0.487. The van der Waals surface area contributed by atoms with Crippen molar-refractivity contribution in [2.24, 2.45) is 0 Å². The van der Waals surface area contributed by atoms with E-state index in [1.807, 2.05) is 0 Å². The Hall–Kier alpha value is -1.52. The molecular formula is C9H14N2O3. The molecule has 5 nitrogen and oxygen atoms in total. The van der Waals surface area contributed by atoms with Gasteiger partial charge >= 0.3 is 11.7 Å². The summed E-state index contributed by atoms with van der Waals surface area (Å²) in [5.41, 5.74) is -0.225. The Kier molecular flexibility index (Phi) is 3.97. The van der Waals surface area contributed by atoms with E-state index in [0.717, 1.165) is 19.3 Å². The summed E-state index contributed by atoms with van der Waals surface area (Å²) in [4.78, 5) is 26.5. The van der Waals surface area contributed by atoms with Crippen LogP contribution in [0.5, 0.6) is 0 Å². The first-order valence-corrected chi connectivity index (χ1v) is 4.69. The fourth-order valence-electron chi connectivity index (χ4n) is 1.04. The van der Waals surface area contributed by atoms with E-state index in [9.17, 15) is 9.59 Å². The molecule has 0 aliphatic carbocycles. The molecule has 1 heterocycles. The molecule has 0 atom stereocenters. The maximum atomic E-state index is 11.2. The molecule has 0 radical (unpaired) electrons. The molecule has 0 aliphatic rings. The summed E-state index contributed by atoms with van der Waals surface area (Å²) >= 11 is 0. The lowest BCUT2D eigenvalue weighted by atomic mass is 10.3. The van der Waals surface area contributed by atoms with Gasteiger partial charge < -0.3 is 14.7 Å². The molecule has 0 fully saturated rings. The van der Waals surface area contributed by atoms with Gasteiger partial charge in [-0.25, -0.2) is 9.59 Å². The predicted molar refractivity (Wildman–Crippen MR) is 51.2 cm³/mol. The number of carbonyl (C=O) groups is 1. The molecule has 1 rings (SSSR count). The van der Waals surface area contributed by atoms with E-state index in [1.54, 1.807) is 0 Å². The van der Waals surface area contributed by atoms with Gasteiger partial charge in [-0.3, -0.25) is 0 Å². The van der Waals surface area contributed by atoms with Gasteiger partial charge in [0.2, 0.25) is 0 Å². The third-order valence-electron chi connectivity index (χ3n) is 1.80. The molecule has 0 bridgehead atoms. The Bertz CT molecular complexity index is 340. The average molecular weight is 198 g/mol. The van der Waals surface area contributed by atoms with Gasteiger partial charge in [-0.15, -0.1) is 0 Å². The maximum Gasteiger partial charge on any atom is 0.356 e. The van der Waals surface area contributed by atoms with Crippen LogP contribution in [0.3, 0.4) is 0 Å². The number of H-pyrrole nitrogens is 2. The second-order valence-corrected chi connectivity index (χ2v) is 3.00. The minimum atomic E-state index is -0.487. The van der Waals surface area contributed by atoms with Crippen molar-refractivity contribution in [3.05, 3.63) is 22.4 Å². The molecule has 0 saturated heterocycles. The van der Waals surface area contributed by atoms with Crippen LogP contribution < -0.4 is 5.69 Å². The molecule has 14 heavy (non-hydrogen) atoms. The zero-order chi connectivity index (χ0) is 10.4. The summed E-state index contributed by atoms with van der Waals surface area (Å²) in [5, 5.41) is 0. The highest BCUT2D eigenvalue weighted by atomic mass is 16.5. The van der Waals surface area contributed by atoms with E-state index < -0.39 is 11.7 Å². The first kappa shape index (κ1) is 10.6. The SMILES string of the molecule is CCCCCOC(=O)c1c[nH]c(=O)[nH]1. The summed E-state index contributed by atoms with van der Waals surface area (Å²) < 4.78 is 4.91. The number of imidazole rings is 1. The van der Waals surface area contributed by atoms with Crippen molar-refractivity contribution in [1.82, 2.24) is 9.97 Å². The van der Waals surface area contributed by atoms with E-state index in [1.165, 1.54) is 6.20 Å². The van der Waals surface area contributed by atoms with Gasteiger partial charge in [-0.1, -0.05) is 19.8 Å². The van der Waals surface area contributed by atoms with Crippen LogP contribution in [0.1, 0.15) is 36.7 Å². The summed E-state index contributed by atoms with van der Waals surface area (Å²) in [6.45, 7) is 2.48. The fourth-order valence-corrected chi connectivity index (χ4v) is 1.04. The summed E-state index contributed by atoms with van der Waals surface area (Å²) in [6.07, 6.45) is 4.29. The molecule has 78 valence electrons. The van der Waals surface area contributed by atoms with Crippen LogP contribution in [0.4, 0.5) is 0 Å². The van der Waals surface area contributed by atoms with Gasteiger partial charge in [0.1, 0.15) is 5.69 Å². The Morgan fingerprint density at radius 2 is 2.29 bits per heavy atom. The first-order valence-electron chi connectivity index (χ1n) is 4.69. The molecular weight excluding hydrogens is 184 g/mol. The Morgan fingerprint density at radius 1 is 1.50 bits per heavy atom. The molecule has 0 aromatic carbocycles. The molecule has 0 unspecified atom stereocenters. The highest BCUT2D eigenvalue weighted by Crippen LogP contribution is 1.97. The van der Waals surface area contributed by atoms with Crippen LogP contribution in [0, 0.1) is 0 Å². The highest BCUT2D eigenvalue weighted by Gasteiger charge is 2.08. The Balaban J connectivity index is 2.32. The van der Waals surface area contributed by atoms with Gasteiger partial charge in [-0.2, -0.15) is 0 Å². The van der Waals surface area contributed by atoms with Gasteiger partial charge in [0.25, 0.3) is 0 Å². The van der Waals surface area contributed by atoms with Gasteiger partial charge in [0, 0.05) is 6.20 Å². The van der Waals surface area contributed by atoms with Crippen molar-refractivity contribution in [3.63, 3.8) is 0 Å². The fraction of sp³-hybridized carbons (Fsp3) is 0.556. The van der Waals surface area contributed by atoms with Gasteiger partial charge in [-0.05, 0) is 6.42 Å². The number of nitrogens with one attached hydrogen (secondary N) is 2. The van der Waals surface area contributed by atoms with E-state index in [2.05, 4.69) is 16.9 Å². The Morgan fingerprint density at radius 3 is 2.86 bits per heavy atom. The lowest BCUT2D eigenvalue weighted by Gasteiger charge is -2.01. The number of carbonyl (C=O) groups excluding carboxylic acids is 1. The smallest absolute Gasteiger partial charge is 0.356 e. The number of ether oxygens (including phenoxy) is 1. The number of esters is 1. The first-order chi connectivity index (χ1) is 6.74. The maximum absolute atomic E-state index is 11.2. The van der Waals surface area contributed by atoms with Crippen molar-refractivity contribution in [3.8, 4) is 0 Å². The van der Waals surface area contributed by atoms with Crippen LogP contribution in [-0.2, 0) is 4.74 Å². The molecule has 1 aromatic heterocycles. The lowest BCUT2D eigenvalue weighted by Crippen LogP contribution is -2.09. The van der Waals surface area contributed by atoms with Crippen LogP contribution >= 0.6 is 0 Å². The van der Waals surface area contributed by atoms with Crippen molar-refractivity contribution < 1.29 is 9.53 Å². The topological polar surface area (TPSA) is 75.0 Å². The van der Waals surface area contributed by atoms with E-state index >= 15 is 0 Å². The third kappa shape index (κ3) is 3.08. The number of aromatic amines is 2. The number of unbranched alkanes of at least 4 members (excludes halogenated alkanes) is 2. The van der Waals surface area contributed by atoms with Crippen molar-refractivity contribution in [2.45, 2.75) is 26.2 Å². The molecule has 0 saturated carbocycles. The normalized spacial score (nSPS) is 10.1. The average Bonchev–Trinajstić information content (AvgIpc) is 2.59. The zero-order valence-corrected chi connectivity index (χ0v) is 8.13. The monoisotopic (exact) mass is 198 g/mol. The van der Waals surface area contributed by atoms with Crippen molar-refractivity contribution in [1.29, 1.82) is 0 Å². The van der Waals surface area contributed by atoms with Crippen LogP contribution in [0.15, 0.2) is 11.0 Å². The van der Waals surface area contributed by atoms with Crippen molar-refractivity contribution >= 4 is 5.97 Å². The van der Waals surface area contributed by atoms with Crippen LogP contribution in [0.2, 0.25) is 0 Å². The highest BCUT2D eigenvalue weighted by molar-refractivity contribution is 5.86. The van der Waals surface area contributed by atoms with Crippen molar-refractivity contribution in [2.75, 3.05) is 6.61 Å². The number of rotatable bonds is 5. The van der Waals surface area contributed by atoms with Gasteiger partial charge in [0.05, 0.1) is 6.61 Å². The van der Waals surface area contributed by atoms with E-state index in [-0.39, 0.29) is 5.69 Å². The molecule has 5 heteroatoms. The molecule has 0 amide bonds. The van der Waals surface area contributed by atoms with E-state index in [0.29, 0.717) is 6.61 Å². The largest absolute Gasteiger partial charge is 0.461 e. The second-order valence-electron chi connectivity index (χ2n) is 3.00. The second kappa shape index (κ2) is 5.26. The lowest BCUT2D eigenvalue weighted by molar-refractivity contribution is 0.0492. The third-order valence-corrected chi connectivity index (χ3v) is 1.80. The van der Waals surface area contributed by atoms with E-state index in [4.69, 9.17) is 4.74 Å².